The standard InChI is InChI=1S/C17H18N2O/c18-19-16(20)17(11-4-12-17)15-9-7-14(8-10-15)13-5-2-1-3-6-13/h1-3,5-10H,4,11-12,18H2,(H,19,20). The van der Waals surface area contributed by atoms with Crippen molar-refractivity contribution in [2.24, 2.45) is 5.84 Å². The van der Waals surface area contributed by atoms with Crippen LogP contribution in [-0.2, 0) is 10.2 Å². The first-order chi connectivity index (χ1) is 9.76. The summed E-state index contributed by atoms with van der Waals surface area (Å²) in [6, 6.07) is 18.5. The second-order valence-corrected chi connectivity index (χ2v) is 5.35. The summed E-state index contributed by atoms with van der Waals surface area (Å²) in [6.07, 6.45) is 2.83. The summed E-state index contributed by atoms with van der Waals surface area (Å²) in [7, 11) is 0. The van der Waals surface area contributed by atoms with E-state index in [2.05, 4.69) is 41.8 Å². The molecule has 0 spiro atoms. The number of hydrazine groups is 1. The monoisotopic (exact) mass is 266 g/mol. The van der Waals surface area contributed by atoms with Crippen molar-refractivity contribution in [2.45, 2.75) is 24.7 Å². The molecular formula is C17H18N2O. The average Bonchev–Trinajstić information content (AvgIpc) is 2.47. The summed E-state index contributed by atoms with van der Waals surface area (Å²) in [5.74, 6) is 5.25. The predicted octanol–water partition coefficient (Wildman–Crippen LogP) is 2.77. The van der Waals surface area contributed by atoms with Crippen molar-refractivity contribution in [1.29, 1.82) is 0 Å². The van der Waals surface area contributed by atoms with E-state index in [-0.39, 0.29) is 5.91 Å². The molecule has 0 heterocycles. The fraction of sp³-hybridized carbons (Fsp3) is 0.235. The SMILES string of the molecule is NNC(=O)C1(c2ccc(-c3ccccc3)cc2)CCC1. The minimum absolute atomic E-state index is 0.0730. The third kappa shape index (κ3) is 2.00. The Bertz CT molecular complexity index is 601. The smallest absolute Gasteiger partial charge is 0.244 e. The Hall–Kier alpha value is -2.13. The molecular weight excluding hydrogens is 248 g/mol. The Kier molecular flexibility index (Phi) is 3.28. The van der Waals surface area contributed by atoms with E-state index in [1.807, 2.05) is 18.2 Å². The third-order valence-electron chi connectivity index (χ3n) is 4.32. The van der Waals surface area contributed by atoms with Crippen LogP contribution in [0.5, 0.6) is 0 Å². The van der Waals surface area contributed by atoms with Crippen LogP contribution in [0.1, 0.15) is 24.8 Å². The number of nitrogens with two attached hydrogens (primary N) is 1. The zero-order valence-corrected chi connectivity index (χ0v) is 11.3. The molecule has 0 radical (unpaired) electrons. The summed E-state index contributed by atoms with van der Waals surface area (Å²) >= 11 is 0. The molecule has 0 saturated heterocycles. The first kappa shape index (κ1) is 12.9. The van der Waals surface area contributed by atoms with E-state index in [1.165, 1.54) is 5.56 Å². The number of rotatable bonds is 3. The van der Waals surface area contributed by atoms with E-state index in [1.54, 1.807) is 0 Å². The lowest BCUT2D eigenvalue weighted by Crippen LogP contribution is -2.51. The van der Waals surface area contributed by atoms with Gasteiger partial charge in [-0.05, 0) is 29.5 Å². The Morgan fingerprint density at radius 2 is 1.55 bits per heavy atom. The highest BCUT2D eigenvalue weighted by Gasteiger charge is 2.45. The molecule has 3 heteroatoms. The molecule has 1 aliphatic carbocycles. The van der Waals surface area contributed by atoms with Crippen molar-refractivity contribution in [2.75, 3.05) is 0 Å². The molecule has 0 bridgehead atoms. The highest BCUT2D eigenvalue weighted by Crippen LogP contribution is 2.44. The second kappa shape index (κ2) is 5.10. The minimum Gasteiger partial charge on any atom is -0.293 e. The van der Waals surface area contributed by atoms with E-state index in [9.17, 15) is 4.79 Å². The van der Waals surface area contributed by atoms with Crippen LogP contribution < -0.4 is 11.3 Å². The van der Waals surface area contributed by atoms with Gasteiger partial charge >= 0.3 is 0 Å². The van der Waals surface area contributed by atoms with Gasteiger partial charge in [0, 0.05) is 0 Å². The van der Waals surface area contributed by atoms with Crippen molar-refractivity contribution in [3.05, 3.63) is 60.2 Å². The van der Waals surface area contributed by atoms with Gasteiger partial charge < -0.3 is 0 Å². The van der Waals surface area contributed by atoms with Crippen LogP contribution in [0.3, 0.4) is 0 Å². The van der Waals surface area contributed by atoms with Crippen LogP contribution in [0.2, 0.25) is 0 Å². The maximum Gasteiger partial charge on any atom is 0.244 e. The fourth-order valence-electron chi connectivity index (χ4n) is 2.93. The zero-order chi connectivity index (χ0) is 14.0. The van der Waals surface area contributed by atoms with E-state index in [4.69, 9.17) is 5.84 Å². The number of nitrogens with one attached hydrogen (secondary N) is 1. The van der Waals surface area contributed by atoms with Gasteiger partial charge in [-0.1, -0.05) is 61.0 Å². The van der Waals surface area contributed by atoms with E-state index in [0.717, 1.165) is 30.4 Å². The van der Waals surface area contributed by atoms with Gasteiger partial charge in [-0.15, -0.1) is 0 Å². The summed E-state index contributed by atoms with van der Waals surface area (Å²) in [4.78, 5) is 12.0. The normalized spacial score (nSPS) is 16.2. The van der Waals surface area contributed by atoms with Crippen LogP contribution >= 0.6 is 0 Å². The molecule has 1 amide bonds. The van der Waals surface area contributed by atoms with Gasteiger partial charge in [0.25, 0.3) is 0 Å². The molecule has 1 aliphatic rings. The summed E-state index contributed by atoms with van der Waals surface area (Å²) in [5.41, 5.74) is 5.31. The largest absolute Gasteiger partial charge is 0.293 e. The van der Waals surface area contributed by atoms with Gasteiger partial charge in [0.1, 0.15) is 0 Å². The number of amides is 1. The Morgan fingerprint density at radius 3 is 2.05 bits per heavy atom. The number of hydrogen-bond donors (Lipinski definition) is 2. The van der Waals surface area contributed by atoms with Gasteiger partial charge in [0.15, 0.2) is 0 Å². The number of carbonyl (C=O) groups is 1. The van der Waals surface area contributed by atoms with Gasteiger partial charge in [0.05, 0.1) is 5.41 Å². The molecule has 0 atom stereocenters. The molecule has 1 fully saturated rings. The summed E-state index contributed by atoms with van der Waals surface area (Å²) in [5, 5.41) is 0. The highest BCUT2D eigenvalue weighted by atomic mass is 16.2. The van der Waals surface area contributed by atoms with Crippen molar-refractivity contribution < 1.29 is 4.79 Å². The number of carbonyl (C=O) groups excluding carboxylic acids is 1. The van der Waals surface area contributed by atoms with E-state index >= 15 is 0 Å². The van der Waals surface area contributed by atoms with Crippen molar-refractivity contribution in [3.8, 4) is 11.1 Å². The topological polar surface area (TPSA) is 55.1 Å². The third-order valence-corrected chi connectivity index (χ3v) is 4.32. The average molecular weight is 266 g/mol. The van der Waals surface area contributed by atoms with Crippen LogP contribution in [0.15, 0.2) is 54.6 Å². The van der Waals surface area contributed by atoms with Crippen molar-refractivity contribution >= 4 is 5.91 Å². The first-order valence-electron chi connectivity index (χ1n) is 6.93. The summed E-state index contributed by atoms with van der Waals surface area (Å²) in [6.45, 7) is 0. The van der Waals surface area contributed by atoms with E-state index < -0.39 is 5.41 Å². The van der Waals surface area contributed by atoms with Gasteiger partial charge in [0.2, 0.25) is 5.91 Å². The lowest BCUT2D eigenvalue weighted by molar-refractivity contribution is -0.130. The number of benzene rings is 2. The lowest BCUT2D eigenvalue weighted by Gasteiger charge is -2.40. The molecule has 0 aromatic heterocycles. The Labute approximate surface area is 118 Å². The molecule has 2 aromatic carbocycles. The second-order valence-electron chi connectivity index (χ2n) is 5.35. The van der Waals surface area contributed by atoms with Crippen LogP contribution in [0.25, 0.3) is 11.1 Å². The quantitative estimate of drug-likeness (QED) is 0.510. The molecule has 102 valence electrons. The van der Waals surface area contributed by atoms with Gasteiger partial charge in [-0.3, -0.25) is 10.2 Å². The molecule has 3 N–H and O–H groups in total. The maximum atomic E-state index is 12.0. The van der Waals surface area contributed by atoms with Crippen molar-refractivity contribution in [1.82, 2.24) is 5.43 Å². The molecule has 1 saturated carbocycles. The molecule has 3 nitrogen and oxygen atoms in total. The molecule has 3 rings (SSSR count). The zero-order valence-electron chi connectivity index (χ0n) is 11.3. The van der Waals surface area contributed by atoms with Crippen molar-refractivity contribution in [3.63, 3.8) is 0 Å². The number of hydrogen-bond acceptors (Lipinski definition) is 2. The van der Waals surface area contributed by atoms with E-state index in [0.29, 0.717) is 0 Å². The van der Waals surface area contributed by atoms with Crippen LogP contribution in [0.4, 0.5) is 0 Å². The van der Waals surface area contributed by atoms with Crippen LogP contribution in [-0.4, -0.2) is 5.91 Å². The fourth-order valence-corrected chi connectivity index (χ4v) is 2.93. The Morgan fingerprint density at radius 1 is 0.950 bits per heavy atom. The summed E-state index contributed by atoms with van der Waals surface area (Å²) < 4.78 is 0. The predicted molar refractivity (Wildman–Crippen MR) is 79.7 cm³/mol. The first-order valence-corrected chi connectivity index (χ1v) is 6.93. The lowest BCUT2D eigenvalue weighted by atomic mass is 9.64. The molecule has 2 aromatic rings. The molecule has 0 unspecified atom stereocenters. The van der Waals surface area contributed by atoms with Gasteiger partial charge in [-0.25, -0.2) is 5.84 Å². The highest BCUT2D eigenvalue weighted by molar-refractivity contribution is 5.89. The molecule has 0 aliphatic heterocycles. The minimum atomic E-state index is -0.413. The molecule has 20 heavy (non-hydrogen) atoms. The maximum absolute atomic E-state index is 12.0. The van der Waals surface area contributed by atoms with Gasteiger partial charge in [-0.2, -0.15) is 0 Å². The Balaban J connectivity index is 1.92. The van der Waals surface area contributed by atoms with Crippen LogP contribution in [0, 0.1) is 0 Å².